The SMILES string of the molecule is CCNC(=O)c1cc(S(=O)(=O)NCCOc2cc(C)ccc2C)ccc1OC. The van der Waals surface area contributed by atoms with Gasteiger partial charge < -0.3 is 14.8 Å². The normalized spacial score (nSPS) is 11.1. The third-order valence-electron chi connectivity index (χ3n) is 4.06. The molecule has 0 atom stereocenters. The first-order valence-corrected chi connectivity index (χ1v) is 10.4. The Hall–Kier alpha value is -2.58. The Morgan fingerprint density at radius 1 is 1.07 bits per heavy atom. The lowest BCUT2D eigenvalue weighted by Crippen LogP contribution is -2.29. The third kappa shape index (κ3) is 5.46. The molecular formula is C20H26N2O5S. The van der Waals surface area contributed by atoms with Gasteiger partial charge in [0.2, 0.25) is 10.0 Å². The molecule has 0 radical (unpaired) electrons. The van der Waals surface area contributed by atoms with Crippen LogP contribution in [-0.2, 0) is 10.0 Å². The molecule has 0 aliphatic heterocycles. The summed E-state index contributed by atoms with van der Waals surface area (Å²) in [5.41, 5.74) is 2.21. The molecule has 0 heterocycles. The second-order valence-corrected chi connectivity index (χ2v) is 8.00. The van der Waals surface area contributed by atoms with Crippen LogP contribution in [0.2, 0.25) is 0 Å². The van der Waals surface area contributed by atoms with Gasteiger partial charge in [-0.2, -0.15) is 0 Å². The van der Waals surface area contributed by atoms with Crippen molar-refractivity contribution in [1.29, 1.82) is 0 Å². The molecule has 0 spiro atoms. The fourth-order valence-corrected chi connectivity index (χ4v) is 3.61. The lowest BCUT2D eigenvalue weighted by Gasteiger charge is -2.13. The van der Waals surface area contributed by atoms with Crippen LogP contribution in [0, 0.1) is 13.8 Å². The number of hydrogen-bond donors (Lipinski definition) is 2. The monoisotopic (exact) mass is 406 g/mol. The number of hydrogen-bond acceptors (Lipinski definition) is 5. The fraction of sp³-hybridized carbons (Fsp3) is 0.350. The summed E-state index contributed by atoms with van der Waals surface area (Å²) in [5.74, 6) is 0.639. The Balaban J connectivity index is 2.06. The Morgan fingerprint density at radius 2 is 1.82 bits per heavy atom. The highest BCUT2D eigenvalue weighted by atomic mass is 32.2. The topological polar surface area (TPSA) is 93.7 Å². The van der Waals surface area contributed by atoms with Crippen LogP contribution in [0.5, 0.6) is 11.5 Å². The molecule has 0 saturated carbocycles. The first-order chi connectivity index (χ1) is 13.3. The molecule has 0 unspecified atom stereocenters. The van der Waals surface area contributed by atoms with Crippen LogP contribution in [0.4, 0.5) is 0 Å². The van der Waals surface area contributed by atoms with Crippen molar-refractivity contribution in [3.8, 4) is 11.5 Å². The number of sulfonamides is 1. The van der Waals surface area contributed by atoms with Crippen molar-refractivity contribution in [3.05, 3.63) is 53.1 Å². The minimum Gasteiger partial charge on any atom is -0.496 e. The Labute approximate surface area is 166 Å². The molecule has 0 saturated heterocycles. The van der Waals surface area contributed by atoms with Gasteiger partial charge in [0.1, 0.15) is 18.1 Å². The molecule has 152 valence electrons. The minimum atomic E-state index is -3.79. The molecule has 2 N–H and O–H groups in total. The van der Waals surface area contributed by atoms with E-state index in [4.69, 9.17) is 9.47 Å². The van der Waals surface area contributed by atoms with Gasteiger partial charge in [0, 0.05) is 13.1 Å². The van der Waals surface area contributed by atoms with Crippen LogP contribution >= 0.6 is 0 Å². The lowest BCUT2D eigenvalue weighted by atomic mass is 10.1. The zero-order valence-electron chi connectivity index (χ0n) is 16.5. The van der Waals surface area contributed by atoms with Gasteiger partial charge in [0.25, 0.3) is 5.91 Å². The molecule has 7 nitrogen and oxygen atoms in total. The molecular weight excluding hydrogens is 380 g/mol. The highest BCUT2D eigenvalue weighted by molar-refractivity contribution is 7.89. The van der Waals surface area contributed by atoms with Gasteiger partial charge in [-0.3, -0.25) is 4.79 Å². The van der Waals surface area contributed by atoms with Gasteiger partial charge in [-0.1, -0.05) is 12.1 Å². The summed E-state index contributed by atoms with van der Waals surface area (Å²) >= 11 is 0. The van der Waals surface area contributed by atoms with E-state index >= 15 is 0 Å². The van der Waals surface area contributed by atoms with Gasteiger partial charge in [-0.25, -0.2) is 13.1 Å². The van der Waals surface area contributed by atoms with Gasteiger partial charge >= 0.3 is 0 Å². The zero-order chi connectivity index (χ0) is 20.7. The van der Waals surface area contributed by atoms with E-state index in [1.165, 1.54) is 25.3 Å². The molecule has 2 aromatic rings. The van der Waals surface area contributed by atoms with Crippen molar-refractivity contribution >= 4 is 15.9 Å². The molecule has 28 heavy (non-hydrogen) atoms. The zero-order valence-corrected chi connectivity index (χ0v) is 17.4. The summed E-state index contributed by atoms with van der Waals surface area (Å²) in [6.45, 7) is 6.38. The van der Waals surface area contributed by atoms with E-state index in [1.54, 1.807) is 6.92 Å². The van der Waals surface area contributed by atoms with Crippen molar-refractivity contribution < 1.29 is 22.7 Å². The smallest absolute Gasteiger partial charge is 0.255 e. The number of aryl methyl sites for hydroxylation is 2. The number of ether oxygens (including phenoxy) is 2. The number of rotatable bonds is 9. The summed E-state index contributed by atoms with van der Waals surface area (Å²) < 4.78 is 38.4. The summed E-state index contributed by atoms with van der Waals surface area (Å²) in [6, 6.07) is 10.0. The first kappa shape index (κ1) is 21.7. The molecule has 8 heteroatoms. The number of benzene rings is 2. The second kappa shape index (κ2) is 9.57. The molecule has 0 aliphatic carbocycles. The maximum absolute atomic E-state index is 12.6. The second-order valence-electron chi connectivity index (χ2n) is 6.24. The van der Waals surface area contributed by atoms with E-state index < -0.39 is 15.9 Å². The summed E-state index contributed by atoms with van der Waals surface area (Å²) in [5, 5.41) is 2.64. The Morgan fingerprint density at radius 3 is 2.50 bits per heavy atom. The van der Waals surface area contributed by atoms with Crippen LogP contribution in [0.1, 0.15) is 28.4 Å². The number of carbonyl (C=O) groups excluding carboxylic acids is 1. The van der Waals surface area contributed by atoms with Crippen molar-refractivity contribution in [1.82, 2.24) is 10.0 Å². The third-order valence-corrected chi connectivity index (χ3v) is 5.52. The summed E-state index contributed by atoms with van der Waals surface area (Å²) in [6.07, 6.45) is 0. The highest BCUT2D eigenvalue weighted by Crippen LogP contribution is 2.22. The van der Waals surface area contributed by atoms with Crippen molar-refractivity contribution in [3.63, 3.8) is 0 Å². The van der Waals surface area contributed by atoms with Crippen LogP contribution in [0.15, 0.2) is 41.3 Å². The molecule has 0 fully saturated rings. The van der Waals surface area contributed by atoms with Gasteiger partial charge in [0.05, 0.1) is 17.6 Å². The van der Waals surface area contributed by atoms with E-state index in [-0.39, 0.29) is 23.6 Å². The average molecular weight is 407 g/mol. The predicted molar refractivity (Wildman–Crippen MR) is 108 cm³/mol. The van der Waals surface area contributed by atoms with E-state index in [1.807, 2.05) is 32.0 Å². The van der Waals surface area contributed by atoms with Crippen LogP contribution in [-0.4, -0.2) is 41.1 Å². The molecule has 2 rings (SSSR count). The van der Waals surface area contributed by atoms with Gasteiger partial charge in [-0.15, -0.1) is 0 Å². The van der Waals surface area contributed by atoms with Crippen LogP contribution in [0.3, 0.4) is 0 Å². The first-order valence-electron chi connectivity index (χ1n) is 8.94. The van der Waals surface area contributed by atoms with E-state index in [0.29, 0.717) is 12.3 Å². The molecule has 0 aromatic heterocycles. The van der Waals surface area contributed by atoms with E-state index in [2.05, 4.69) is 10.0 Å². The quantitative estimate of drug-likeness (QED) is 0.624. The number of carbonyl (C=O) groups is 1. The van der Waals surface area contributed by atoms with E-state index in [0.717, 1.165) is 16.9 Å². The molecule has 0 aliphatic rings. The molecule has 0 bridgehead atoms. The van der Waals surface area contributed by atoms with Crippen molar-refractivity contribution in [2.45, 2.75) is 25.7 Å². The van der Waals surface area contributed by atoms with E-state index in [9.17, 15) is 13.2 Å². The number of amides is 1. The lowest BCUT2D eigenvalue weighted by molar-refractivity contribution is 0.0952. The standard InChI is InChI=1S/C20H26N2O5S/c1-5-21-20(23)17-13-16(8-9-18(17)26-4)28(24,25)22-10-11-27-19-12-14(2)6-7-15(19)3/h6-9,12-13,22H,5,10-11H2,1-4H3,(H,21,23). The van der Waals surface area contributed by atoms with Gasteiger partial charge in [-0.05, 0) is 56.2 Å². The molecule has 2 aromatic carbocycles. The largest absolute Gasteiger partial charge is 0.496 e. The maximum Gasteiger partial charge on any atom is 0.255 e. The van der Waals surface area contributed by atoms with Crippen LogP contribution < -0.4 is 19.5 Å². The predicted octanol–water partition coefficient (Wildman–Crippen LogP) is 2.42. The molecule has 1 amide bonds. The maximum atomic E-state index is 12.6. The van der Waals surface area contributed by atoms with Crippen molar-refractivity contribution in [2.75, 3.05) is 26.8 Å². The van der Waals surface area contributed by atoms with Crippen LogP contribution in [0.25, 0.3) is 0 Å². The Kier molecular flexibility index (Phi) is 7.42. The Bertz CT molecular complexity index is 942. The highest BCUT2D eigenvalue weighted by Gasteiger charge is 2.19. The fourth-order valence-electron chi connectivity index (χ4n) is 2.57. The van der Waals surface area contributed by atoms with Crippen molar-refractivity contribution in [2.24, 2.45) is 0 Å². The summed E-state index contributed by atoms with van der Waals surface area (Å²) in [7, 11) is -2.37. The van der Waals surface area contributed by atoms with Gasteiger partial charge in [0.15, 0.2) is 0 Å². The number of methoxy groups -OCH3 is 1. The average Bonchev–Trinajstić information content (AvgIpc) is 2.67. The number of nitrogens with one attached hydrogen (secondary N) is 2. The summed E-state index contributed by atoms with van der Waals surface area (Å²) in [4.78, 5) is 12.1. The minimum absolute atomic E-state index is 0.0127.